The summed E-state index contributed by atoms with van der Waals surface area (Å²) in [5.41, 5.74) is 1.37. The molecule has 2 rings (SSSR count). The number of rotatable bonds is 4. The Morgan fingerprint density at radius 2 is 2.12 bits per heavy atom. The van der Waals surface area contributed by atoms with Gasteiger partial charge in [-0.2, -0.15) is 0 Å². The first-order chi connectivity index (χ1) is 8.33. The lowest BCUT2D eigenvalue weighted by molar-refractivity contribution is 0.431. The largest absolute Gasteiger partial charge is 0.370 e. The van der Waals surface area contributed by atoms with Crippen molar-refractivity contribution in [3.63, 3.8) is 0 Å². The summed E-state index contributed by atoms with van der Waals surface area (Å²) in [6, 6.07) is 9.60. The summed E-state index contributed by atoms with van der Waals surface area (Å²) in [6.45, 7) is 5.60. The second kappa shape index (κ2) is 6.31. The third-order valence-electron chi connectivity index (χ3n) is 3.35. The monoisotopic (exact) mass is 250 g/mol. The number of benzene rings is 1. The van der Waals surface area contributed by atoms with Crippen molar-refractivity contribution in [1.82, 2.24) is 5.32 Å². The molecule has 1 heterocycles. The Labute approximate surface area is 109 Å². The molecule has 0 bridgehead atoms. The predicted octanol–water partition coefficient (Wildman–Crippen LogP) is 2.99. The van der Waals surface area contributed by atoms with Crippen LogP contribution in [0.1, 0.15) is 19.8 Å². The molecular weight excluding hydrogens is 228 g/mol. The normalized spacial score (nSPS) is 20.6. The highest BCUT2D eigenvalue weighted by Gasteiger charge is 2.18. The number of hydrogen-bond donors (Lipinski definition) is 1. The zero-order chi connectivity index (χ0) is 12.1. The summed E-state index contributed by atoms with van der Waals surface area (Å²) in [6.07, 6.45) is 4.73. The van der Waals surface area contributed by atoms with Crippen molar-refractivity contribution in [2.45, 2.75) is 30.7 Å². The van der Waals surface area contributed by atoms with Crippen molar-refractivity contribution in [2.75, 3.05) is 30.8 Å². The van der Waals surface area contributed by atoms with Crippen LogP contribution in [0.5, 0.6) is 0 Å². The van der Waals surface area contributed by atoms with Gasteiger partial charge in [0.1, 0.15) is 0 Å². The molecule has 1 unspecified atom stereocenters. The Hall–Kier alpha value is -0.670. The quantitative estimate of drug-likeness (QED) is 0.827. The van der Waals surface area contributed by atoms with E-state index in [1.54, 1.807) is 11.8 Å². The number of hydrogen-bond acceptors (Lipinski definition) is 3. The van der Waals surface area contributed by atoms with E-state index in [4.69, 9.17) is 0 Å². The average molecular weight is 250 g/mol. The molecule has 17 heavy (non-hydrogen) atoms. The molecule has 3 heteroatoms. The fourth-order valence-electron chi connectivity index (χ4n) is 2.46. The molecule has 0 spiro atoms. The van der Waals surface area contributed by atoms with Gasteiger partial charge < -0.3 is 10.2 Å². The fraction of sp³-hybridized carbons (Fsp3) is 0.571. The molecule has 1 aromatic rings. The SMILES string of the molecule is CCNC1CCCN(c2ccc(SC)cc2)C1. The molecule has 1 aromatic carbocycles. The van der Waals surface area contributed by atoms with Gasteiger partial charge in [-0.3, -0.25) is 0 Å². The molecule has 0 amide bonds. The van der Waals surface area contributed by atoms with Crippen LogP contribution in [-0.4, -0.2) is 31.9 Å². The molecule has 1 aliphatic rings. The van der Waals surface area contributed by atoms with Crippen LogP contribution in [-0.2, 0) is 0 Å². The van der Waals surface area contributed by atoms with Crippen LogP contribution in [0.15, 0.2) is 29.2 Å². The Kier molecular flexibility index (Phi) is 4.75. The van der Waals surface area contributed by atoms with Crippen molar-refractivity contribution in [1.29, 1.82) is 0 Å². The Balaban J connectivity index is 2.00. The molecule has 94 valence electrons. The van der Waals surface area contributed by atoms with Gasteiger partial charge in [0.2, 0.25) is 0 Å². The van der Waals surface area contributed by atoms with E-state index in [1.807, 2.05) is 0 Å². The van der Waals surface area contributed by atoms with E-state index in [0.29, 0.717) is 6.04 Å². The zero-order valence-electron chi connectivity index (χ0n) is 10.8. The van der Waals surface area contributed by atoms with Crippen molar-refractivity contribution in [2.24, 2.45) is 0 Å². The van der Waals surface area contributed by atoms with Crippen LogP contribution in [0.2, 0.25) is 0 Å². The van der Waals surface area contributed by atoms with E-state index in [0.717, 1.165) is 13.1 Å². The van der Waals surface area contributed by atoms with Gasteiger partial charge >= 0.3 is 0 Å². The Morgan fingerprint density at radius 1 is 1.35 bits per heavy atom. The molecule has 1 atom stereocenters. The van der Waals surface area contributed by atoms with Gasteiger partial charge in [-0.25, -0.2) is 0 Å². The van der Waals surface area contributed by atoms with Crippen molar-refractivity contribution in [3.05, 3.63) is 24.3 Å². The van der Waals surface area contributed by atoms with E-state index in [2.05, 4.69) is 47.7 Å². The standard InChI is InChI=1S/C14H22N2S/c1-3-15-12-5-4-10-16(11-12)13-6-8-14(17-2)9-7-13/h6-9,12,15H,3-5,10-11H2,1-2H3. The van der Waals surface area contributed by atoms with Crippen LogP contribution < -0.4 is 10.2 Å². The highest BCUT2D eigenvalue weighted by molar-refractivity contribution is 7.98. The van der Waals surface area contributed by atoms with Gasteiger partial charge in [-0.15, -0.1) is 11.8 Å². The Bertz CT molecular complexity index is 335. The molecule has 1 fully saturated rings. The van der Waals surface area contributed by atoms with Crippen LogP contribution in [0.3, 0.4) is 0 Å². The van der Waals surface area contributed by atoms with Crippen molar-refractivity contribution in [3.8, 4) is 0 Å². The van der Waals surface area contributed by atoms with Gasteiger partial charge in [0, 0.05) is 29.7 Å². The van der Waals surface area contributed by atoms with E-state index in [-0.39, 0.29) is 0 Å². The molecule has 0 aliphatic carbocycles. The summed E-state index contributed by atoms with van der Waals surface area (Å²) >= 11 is 1.80. The zero-order valence-corrected chi connectivity index (χ0v) is 11.6. The molecular formula is C14H22N2S. The summed E-state index contributed by atoms with van der Waals surface area (Å²) < 4.78 is 0. The van der Waals surface area contributed by atoms with E-state index < -0.39 is 0 Å². The highest BCUT2D eigenvalue weighted by atomic mass is 32.2. The van der Waals surface area contributed by atoms with Crippen molar-refractivity contribution >= 4 is 17.4 Å². The second-order valence-corrected chi connectivity index (χ2v) is 5.42. The first-order valence-corrected chi connectivity index (χ1v) is 7.68. The molecule has 0 radical (unpaired) electrons. The smallest absolute Gasteiger partial charge is 0.0367 e. The fourth-order valence-corrected chi connectivity index (χ4v) is 2.87. The molecule has 0 saturated carbocycles. The minimum absolute atomic E-state index is 0.661. The molecule has 0 aromatic heterocycles. The van der Waals surface area contributed by atoms with Gasteiger partial charge in [-0.1, -0.05) is 6.92 Å². The van der Waals surface area contributed by atoms with Crippen LogP contribution in [0.25, 0.3) is 0 Å². The lowest BCUT2D eigenvalue weighted by Gasteiger charge is -2.34. The number of piperidine rings is 1. The minimum Gasteiger partial charge on any atom is -0.370 e. The first-order valence-electron chi connectivity index (χ1n) is 6.46. The van der Waals surface area contributed by atoms with Crippen LogP contribution in [0, 0.1) is 0 Å². The van der Waals surface area contributed by atoms with Crippen LogP contribution in [0.4, 0.5) is 5.69 Å². The summed E-state index contributed by atoms with van der Waals surface area (Å²) in [5, 5.41) is 3.56. The van der Waals surface area contributed by atoms with E-state index in [9.17, 15) is 0 Å². The number of nitrogens with zero attached hydrogens (tertiary/aromatic N) is 1. The van der Waals surface area contributed by atoms with Crippen LogP contribution >= 0.6 is 11.8 Å². The number of thioether (sulfide) groups is 1. The molecule has 1 aliphatic heterocycles. The number of nitrogens with one attached hydrogen (secondary N) is 1. The minimum atomic E-state index is 0.661. The number of anilines is 1. The second-order valence-electron chi connectivity index (χ2n) is 4.54. The predicted molar refractivity (Wildman–Crippen MR) is 77.1 cm³/mol. The van der Waals surface area contributed by atoms with Gasteiger partial charge in [0.15, 0.2) is 0 Å². The van der Waals surface area contributed by atoms with E-state index in [1.165, 1.54) is 30.0 Å². The summed E-state index contributed by atoms with van der Waals surface area (Å²) in [5.74, 6) is 0. The maximum atomic E-state index is 3.56. The molecule has 2 nitrogen and oxygen atoms in total. The van der Waals surface area contributed by atoms with Gasteiger partial charge in [0.25, 0.3) is 0 Å². The maximum absolute atomic E-state index is 3.56. The lowest BCUT2D eigenvalue weighted by Crippen LogP contribution is -2.45. The summed E-state index contributed by atoms with van der Waals surface area (Å²) in [7, 11) is 0. The maximum Gasteiger partial charge on any atom is 0.0367 e. The lowest BCUT2D eigenvalue weighted by atomic mass is 10.0. The van der Waals surface area contributed by atoms with Crippen molar-refractivity contribution < 1.29 is 0 Å². The first kappa shape index (κ1) is 12.8. The average Bonchev–Trinajstić information content (AvgIpc) is 2.40. The van der Waals surface area contributed by atoms with Gasteiger partial charge in [0.05, 0.1) is 0 Å². The highest BCUT2D eigenvalue weighted by Crippen LogP contribution is 2.23. The van der Waals surface area contributed by atoms with Gasteiger partial charge in [-0.05, 0) is 49.9 Å². The summed E-state index contributed by atoms with van der Waals surface area (Å²) in [4.78, 5) is 3.84. The third-order valence-corrected chi connectivity index (χ3v) is 4.10. The molecule has 1 N–H and O–H groups in total. The molecule has 1 saturated heterocycles. The Morgan fingerprint density at radius 3 is 2.76 bits per heavy atom. The number of likely N-dealkylation sites (N-methyl/N-ethyl adjacent to an activating group) is 1. The topological polar surface area (TPSA) is 15.3 Å². The van der Waals surface area contributed by atoms with E-state index >= 15 is 0 Å². The third kappa shape index (κ3) is 3.39.